The molecule has 1 heterocycles. The van der Waals surface area contributed by atoms with Gasteiger partial charge in [-0.2, -0.15) is 0 Å². The van der Waals surface area contributed by atoms with Crippen LogP contribution in [0.1, 0.15) is 17.9 Å². The molecule has 1 saturated heterocycles. The fourth-order valence-corrected chi connectivity index (χ4v) is 3.33. The maximum absolute atomic E-state index is 12.2. The fraction of sp³-hybridized carbons (Fsp3) is 0.588. The molecule has 3 rings (SSSR count). The summed E-state index contributed by atoms with van der Waals surface area (Å²) in [6.45, 7) is 6.14. The highest BCUT2D eigenvalue weighted by Crippen LogP contribution is 2.47. The first-order chi connectivity index (χ1) is 10.6. The van der Waals surface area contributed by atoms with Gasteiger partial charge in [-0.05, 0) is 37.1 Å². The second-order valence-corrected chi connectivity index (χ2v) is 6.88. The summed E-state index contributed by atoms with van der Waals surface area (Å²) in [5.41, 5.74) is 1.19. The highest BCUT2D eigenvalue weighted by atomic mass is 35.5. The van der Waals surface area contributed by atoms with Crippen molar-refractivity contribution in [1.29, 1.82) is 0 Å². The van der Waals surface area contributed by atoms with E-state index in [1.807, 2.05) is 18.2 Å². The lowest BCUT2D eigenvalue weighted by Gasteiger charge is -2.32. The molecule has 1 N–H and O–H groups in total. The number of hydrogen-bond acceptors (Lipinski definition) is 3. The Labute approximate surface area is 137 Å². The Balaban J connectivity index is 1.39. The zero-order chi connectivity index (χ0) is 15.5. The highest BCUT2D eigenvalue weighted by molar-refractivity contribution is 6.30. The second-order valence-electron chi connectivity index (χ2n) is 6.44. The van der Waals surface area contributed by atoms with Crippen molar-refractivity contribution in [3.05, 3.63) is 34.9 Å². The maximum atomic E-state index is 12.2. The van der Waals surface area contributed by atoms with E-state index < -0.39 is 0 Å². The Kier molecular flexibility index (Phi) is 5.01. The minimum absolute atomic E-state index is 0.131. The lowest BCUT2D eigenvalue weighted by atomic mass is 10.1. The van der Waals surface area contributed by atoms with Gasteiger partial charge in [0.2, 0.25) is 5.91 Å². The van der Waals surface area contributed by atoms with Crippen molar-refractivity contribution in [2.45, 2.75) is 12.3 Å². The van der Waals surface area contributed by atoms with Gasteiger partial charge in [-0.3, -0.25) is 9.69 Å². The summed E-state index contributed by atoms with van der Waals surface area (Å²) in [5, 5.41) is 3.84. The van der Waals surface area contributed by atoms with E-state index in [-0.39, 0.29) is 11.8 Å². The van der Waals surface area contributed by atoms with Crippen LogP contribution in [0.4, 0.5) is 0 Å². The summed E-state index contributed by atoms with van der Waals surface area (Å²) in [6.07, 6.45) is 0.945. The standard InChI is InChI=1S/C17H24ClN3O/c1-20-7-9-21(10-8-20)6-5-19-17(22)16-12-15(16)13-3-2-4-14(18)11-13/h2-4,11,15-16H,5-10,12H2,1H3,(H,19,22)/t15-,16-/m1/s1. The first-order valence-corrected chi connectivity index (χ1v) is 8.45. The van der Waals surface area contributed by atoms with Crippen LogP contribution >= 0.6 is 11.6 Å². The van der Waals surface area contributed by atoms with Crippen molar-refractivity contribution in [2.75, 3.05) is 46.3 Å². The Morgan fingerprint density at radius 3 is 2.82 bits per heavy atom. The molecule has 0 unspecified atom stereocenters. The second kappa shape index (κ2) is 6.99. The lowest BCUT2D eigenvalue weighted by molar-refractivity contribution is -0.122. The van der Waals surface area contributed by atoms with Gasteiger partial charge in [0.15, 0.2) is 0 Å². The molecule has 0 aromatic heterocycles. The van der Waals surface area contributed by atoms with E-state index in [1.165, 1.54) is 5.56 Å². The molecule has 1 aliphatic heterocycles. The zero-order valence-corrected chi connectivity index (χ0v) is 13.9. The zero-order valence-electron chi connectivity index (χ0n) is 13.1. The molecule has 2 atom stereocenters. The monoisotopic (exact) mass is 321 g/mol. The normalized spacial score (nSPS) is 25.9. The fourth-order valence-electron chi connectivity index (χ4n) is 3.13. The molecular weight excluding hydrogens is 298 g/mol. The number of likely N-dealkylation sites (N-methyl/N-ethyl adjacent to an activating group) is 1. The molecule has 1 aliphatic carbocycles. The van der Waals surface area contributed by atoms with Crippen LogP contribution in [-0.4, -0.2) is 62.0 Å². The largest absolute Gasteiger partial charge is 0.355 e. The number of halogens is 1. The third kappa shape index (κ3) is 4.00. The number of carbonyl (C=O) groups is 1. The summed E-state index contributed by atoms with van der Waals surface area (Å²) in [6, 6.07) is 7.87. The Morgan fingerprint density at radius 2 is 2.09 bits per heavy atom. The van der Waals surface area contributed by atoms with Crippen molar-refractivity contribution >= 4 is 17.5 Å². The van der Waals surface area contributed by atoms with Crippen molar-refractivity contribution in [2.24, 2.45) is 5.92 Å². The molecule has 5 heteroatoms. The van der Waals surface area contributed by atoms with Crippen LogP contribution in [0, 0.1) is 5.92 Å². The van der Waals surface area contributed by atoms with Gasteiger partial charge < -0.3 is 10.2 Å². The lowest BCUT2D eigenvalue weighted by Crippen LogP contribution is -2.47. The summed E-state index contributed by atoms with van der Waals surface area (Å²) in [4.78, 5) is 17.0. The van der Waals surface area contributed by atoms with Crippen molar-refractivity contribution < 1.29 is 4.79 Å². The molecule has 1 aromatic carbocycles. The molecule has 2 fully saturated rings. The van der Waals surface area contributed by atoms with Crippen LogP contribution < -0.4 is 5.32 Å². The summed E-state index contributed by atoms with van der Waals surface area (Å²) in [5.74, 6) is 0.674. The number of amides is 1. The first-order valence-electron chi connectivity index (χ1n) is 8.07. The molecule has 120 valence electrons. The number of carbonyl (C=O) groups excluding carboxylic acids is 1. The molecule has 1 amide bonds. The van der Waals surface area contributed by atoms with Gasteiger partial charge in [0.25, 0.3) is 0 Å². The molecule has 1 aromatic rings. The predicted octanol–water partition coefficient (Wildman–Crippen LogP) is 1.81. The number of hydrogen-bond donors (Lipinski definition) is 1. The van der Waals surface area contributed by atoms with E-state index in [0.29, 0.717) is 5.92 Å². The number of benzene rings is 1. The van der Waals surface area contributed by atoms with Crippen molar-refractivity contribution in [3.8, 4) is 0 Å². The van der Waals surface area contributed by atoms with Crippen LogP contribution in [0.15, 0.2) is 24.3 Å². The van der Waals surface area contributed by atoms with Gasteiger partial charge in [-0.25, -0.2) is 0 Å². The van der Waals surface area contributed by atoms with E-state index in [4.69, 9.17) is 11.6 Å². The molecule has 22 heavy (non-hydrogen) atoms. The molecule has 1 saturated carbocycles. The van der Waals surface area contributed by atoms with Crippen LogP contribution in [0.2, 0.25) is 5.02 Å². The molecule has 0 radical (unpaired) electrons. The van der Waals surface area contributed by atoms with Crippen LogP contribution in [-0.2, 0) is 4.79 Å². The minimum Gasteiger partial charge on any atom is -0.355 e. The number of nitrogens with one attached hydrogen (secondary N) is 1. The third-order valence-electron chi connectivity index (χ3n) is 4.73. The van der Waals surface area contributed by atoms with E-state index in [1.54, 1.807) is 0 Å². The van der Waals surface area contributed by atoms with Gasteiger partial charge in [0.05, 0.1) is 0 Å². The number of nitrogens with zero attached hydrogens (tertiary/aromatic N) is 2. The Morgan fingerprint density at radius 1 is 1.32 bits per heavy atom. The average Bonchev–Trinajstić information content (AvgIpc) is 3.30. The summed E-state index contributed by atoms with van der Waals surface area (Å²) in [7, 11) is 2.15. The van der Waals surface area contributed by atoms with E-state index in [9.17, 15) is 4.79 Å². The molecular formula is C17H24ClN3O. The summed E-state index contributed by atoms with van der Waals surface area (Å²) >= 11 is 6.01. The summed E-state index contributed by atoms with van der Waals surface area (Å²) < 4.78 is 0. The van der Waals surface area contributed by atoms with E-state index >= 15 is 0 Å². The molecule has 4 nitrogen and oxygen atoms in total. The van der Waals surface area contributed by atoms with Gasteiger partial charge in [-0.15, -0.1) is 0 Å². The topological polar surface area (TPSA) is 35.6 Å². The molecule has 2 aliphatic rings. The Bertz CT molecular complexity index is 528. The van der Waals surface area contributed by atoms with Crippen LogP contribution in [0.25, 0.3) is 0 Å². The van der Waals surface area contributed by atoms with Gasteiger partial charge >= 0.3 is 0 Å². The smallest absolute Gasteiger partial charge is 0.223 e. The van der Waals surface area contributed by atoms with Gasteiger partial charge in [-0.1, -0.05) is 23.7 Å². The minimum atomic E-state index is 0.131. The van der Waals surface area contributed by atoms with Gasteiger partial charge in [0.1, 0.15) is 0 Å². The third-order valence-corrected chi connectivity index (χ3v) is 4.96. The molecule has 0 bridgehead atoms. The average molecular weight is 322 g/mol. The van der Waals surface area contributed by atoms with E-state index in [2.05, 4.69) is 28.2 Å². The Hall–Kier alpha value is -1.10. The first kappa shape index (κ1) is 15.8. The highest BCUT2D eigenvalue weighted by Gasteiger charge is 2.43. The SMILES string of the molecule is CN1CCN(CCNC(=O)[C@@H]2C[C@@H]2c2cccc(Cl)c2)CC1. The predicted molar refractivity (Wildman–Crippen MR) is 89.2 cm³/mol. The van der Waals surface area contributed by atoms with Gasteiger partial charge in [0, 0.05) is 50.2 Å². The maximum Gasteiger partial charge on any atom is 0.223 e. The quantitative estimate of drug-likeness (QED) is 0.898. The van der Waals surface area contributed by atoms with Crippen molar-refractivity contribution in [1.82, 2.24) is 15.1 Å². The van der Waals surface area contributed by atoms with E-state index in [0.717, 1.165) is 50.7 Å². The van der Waals surface area contributed by atoms with Crippen LogP contribution in [0.5, 0.6) is 0 Å². The number of rotatable bonds is 5. The van der Waals surface area contributed by atoms with Crippen molar-refractivity contribution in [3.63, 3.8) is 0 Å². The number of piperazine rings is 1. The molecule has 0 spiro atoms. The van der Waals surface area contributed by atoms with Crippen LogP contribution in [0.3, 0.4) is 0 Å².